The Labute approximate surface area is 236 Å². The maximum atomic E-state index is 13.5. The SMILES string of the molecule is COc1cc(-c2cc(=O)c3c(O)c([C@@H]4OC[C@H](O)[C@H](O)C4O)c(O)c([C@@H]4OC(CO)[C@@H](O)[C@H](O)C4O)c3o2)ccc1O. The average molecular weight is 595 g/mol. The quantitative estimate of drug-likeness (QED) is 0.157. The highest BCUT2D eigenvalue weighted by atomic mass is 16.5. The fourth-order valence-corrected chi connectivity index (χ4v) is 5.31. The number of methoxy groups -OCH3 is 1. The Bertz CT molecular complexity index is 1530. The molecule has 1 aromatic heterocycles. The summed E-state index contributed by atoms with van der Waals surface area (Å²) in [5.41, 5.74) is -2.39. The van der Waals surface area contributed by atoms with Gasteiger partial charge in [-0.2, -0.15) is 0 Å². The molecular formula is C27H30O15. The normalized spacial score (nSPS) is 31.8. The first-order valence-electron chi connectivity index (χ1n) is 12.8. The second-order valence-corrected chi connectivity index (χ2v) is 10.1. The molecule has 0 bridgehead atoms. The molecule has 5 rings (SSSR count). The van der Waals surface area contributed by atoms with Gasteiger partial charge in [0, 0.05) is 11.6 Å². The van der Waals surface area contributed by atoms with E-state index in [0.29, 0.717) is 0 Å². The molecule has 3 heterocycles. The van der Waals surface area contributed by atoms with E-state index in [0.717, 1.165) is 6.07 Å². The van der Waals surface area contributed by atoms with Crippen molar-refractivity contribution in [2.45, 2.75) is 54.9 Å². The molecule has 3 aromatic rings. The number of aliphatic hydroxyl groups excluding tert-OH is 7. The molecule has 15 nitrogen and oxygen atoms in total. The number of phenolic OH excluding ortho intramolecular Hbond substituents is 3. The van der Waals surface area contributed by atoms with Crippen molar-refractivity contribution in [2.75, 3.05) is 20.3 Å². The van der Waals surface area contributed by atoms with Crippen LogP contribution in [0.3, 0.4) is 0 Å². The van der Waals surface area contributed by atoms with Gasteiger partial charge in [-0.15, -0.1) is 0 Å². The second-order valence-electron chi connectivity index (χ2n) is 10.1. The fourth-order valence-electron chi connectivity index (χ4n) is 5.31. The third-order valence-corrected chi connectivity index (χ3v) is 7.62. The Morgan fingerprint density at radius 1 is 0.857 bits per heavy atom. The lowest BCUT2D eigenvalue weighted by Crippen LogP contribution is -2.55. The Balaban J connectivity index is 1.82. The molecule has 2 aromatic carbocycles. The molecule has 10 N–H and O–H groups in total. The minimum atomic E-state index is -1.98. The van der Waals surface area contributed by atoms with Crippen molar-refractivity contribution in [2.24, 2.45) is 0 Å². The maximum absolute atomic E-state index is 13.5. The van der Waals surface area contributed by atoms with E-state index >= 15 is 0 Å². The highest BCUT2D eigenvalue weighted by Crippen LogP contribution is 2.50. The Hall–Kier alpha value is -3.51. The Morgan fingerprint density at radius 2 is 1.55 bits per heavy atom. The minimum Gasteiger partial charge on any atom is -0.507 e. The number of hydrogen-bond acceptors (Lipinski definition) is 15. The molecule has 0 spiro atoms. The Kier molecular flexibility index (Phi) is 8.06. The zero-order valence-electron chi connectivity index (χ0n) is 21.9. The van der Waals surface area contributed by atoms with Crippen molar-refractivity contribution >= 4 is 11.0 Å². The lowest BCUT2D eigenvalue weighted by Gasteiger charge is -2.41. The first-order chi connectivity index (χ1) is 19.9. The number of ether oxygens (including phenoxy) is 3. The van der Waals surface area contributed by atoms with Crippen LogP contribution in [0.2, 0.25) is 0 Å². The van der Waals surface area contributed by atoms with Crippen molar-refractivity contribution in [1.82, 2.24) is 0 Å². The van der Waals surface area contributed by atoms with E-state index in [2.05, 4.69) is 0 Å². The van der Waals surface area contributed by atoms with E-state index in [1.807, 2.05) is 0 Å². The van der Waals surface area contributed by atoms with Crippen LogP contribution < -0.4 is 10.2 Å². The molecule has 2 fully saturated rings. The summed E-state index contributed by atoms with van der Waals surface area (Å²) in [5, 5.41) is 104. The molecule has 0 amide bonds. The van der Waals surface area contributed by atoms with Crippen molar-refractivity contribution in [3.8, 4) is 34.3 Å². The van der Waals surface area contributed by atoms with Crippen LogP contribution in [0, 0.1) is 0 Å². The van der Waals surface area contributed by atoms with E-state index in [1.54, 1.807) is 0 Å². The summed E-state index contributed by atoms with van der Waals surface area (Å²) in [7, 11) is 1.29. The molecule has 2 aliphatic heterocycles. The van der Waals surface area contributed by atoms with E-state index in [1.165, 1.54) is 25.3 Å². The molecule has 9 atom stereocenters. The van der Waals surface area contributed by atoms with Gasteiger partial charge >= 0.3 is 0 Å². The molecule has 0 saturated carbocycles. The molecule has 2 saturated heterocycles. The number of fused-ring (bicyclic) bond motifs is 1. The minimum absolute atomic E-state index is 0.0228. The first kappa shape index (κ1) is 30.0. The highest BCUT2D eigenvalue weighted by Gasteiger charge is 2.48. The van der Waals surface area contributed by atoms with Gasteiger partial charge < -0.3 is 69.7 Å². The lowest BCUT2D eigenvalue weighted by molar-refractivity contribution is -0.231. The van der Waals surface area contributed by atoms with Gasteiger partial charge in [0.2, 0.25) is 0 Å². The number of rotatable bonds is 5. The third-order valence-electron chi connectivity index (χ3n) is 7.62. The summed E-state index contributed by atoms with van der Waals surface area (Å²) in [6, 6.07) is 4.95. The number of phenols is 3. The molecule has 0 radical (unpaired) electrons. The summed E-state index contributed by atoms with van der Waals surface area (Å²) in [5.74, 6) is -2.22. The van der Waals surface area contributed by atoms with Crippen molar-refractivity contribution in [1.29, 1.82) is 0 Å². The molecule has 2 aliphatic rings. The van der Waals surface area contributed by atoms with Crippen LogP contribution in [0.5, 0.6) is 23.0 Å². The standard InChI is InChI=1S/C27H30O15/c1-39-13-4-8(2-3-9(13)29)12-5-10(30)15-20(34)16(26-23(37)18(32)11(31)7-40-26)21(35)17(25(15)41-12)27-24(38)22(36)19(33)14(6-28)42-27/h2-5,11,14,18-19,22-24,26-29,31-38H,6-7H2,1H3/t11-,14?,18-,19+,22-,23?,24?,26-,27-/m0/s1. The predicted molar refractivity (Wildman–Crippen MR) is 139 cm³/mol. The zero-order chi connectivity index (χ0) is 30.6. The second kappa shape index (κ2) is 11.3. The smallest absolute Gasteiger partial charge is 0.197 e. The van der Waals surface area contributed by atoms with E-state index < -0.39 is 107 Å². The molecule has 3 unspecified atom stereocenters. The number of aromatic hydroxyl groups is 3. The number of aliphatic hydroxyl groups is 7. The summed E-state index contributed by atoms with van der Waals surface area (Å²) >= 11 is 0. The predicted octanol–water partition coefficient (Wildman–Crippen LogP) is -1.75. The van der Waals surface area contributed by atoms with E-state index in [4.69, 9.17) is 18.6 Å². The third kappa shape index (κ3) is 4.74. The van der Waals surface area contributed by atoms with Crippen LogP contribution in [0.15, 0.2) is 33.5 Å². The summed E-state index contributed by atoms with van der Waals surface area (Å²) in [6.45, 7) is -1.37. The van der Waals surface area contributed by atoms with Crippen molar-refractivity contribution in [3.05, 3.63) is 45.6 Å². The van der Waals surface area contributed by atoms with Gasteiger partial charge in [-0.3, -0.25) is 4.79 Å². The lowest BCUT2D eigenvalue weighted by atomic mass is 9.85. The van der Waals surface area contributed by atoms with Crippen molar-refractivity contribution < 1.29 is 69.7 Å². The van der Waals surface area contributed by atoms with Gasteiger partial charge in [0.05, 0.1) is 31.5 Å². The van der Waals surface area contributed by atoms with Gasteiger partial charge in [-0.1, -0.05) is 0 Å². The highest BCUT2D eigenvalue weighted by molar-refractivity contribution is 5.92. The van der Waals surface area contributed by atoms with Crippen molar-refractivity contribution in [3.63, 3.8) is 0 Å². The summed E-state index contributed by atoms with van der Waals surface area (Å²) in [6.07, 6.45) is -15.9. The fraction of sp³-hybridized carbons (Fsp3) is 0.444. The van der Waals surface area contributed by atoms with Crippen LogP contribution in [0.4, 0.5) is 0 Å². The largest absolute Gasteiger partial charge is 0.507 e. The first-order valence-corrected chi connectivity index (χ1v) is 12.8. The van der Waals surface area contributed by atoms with Gasteiger partial charge in [-0.25, -0.2) is 0 Å². The van der Waals surface area contributed by atoms with Gasteiger partial charge in [-0.05, 0) is 18.2 Å². The van der Waals surface area contributed by atoms with E-state index in [-0.39, 0.29) is 22.8 Å². The van der Waals surface area contributed by atoms with Crippen LogP contribution in [-0.4, -0.2) is 114 Å². The zero-order valence-corrected chi connectivity index (χ0v) is 21.9. The average Bonchev–Trinajstić information content (AvgIpc) is 2.96. The summed E-state index contributed by atoms with van der Waals surface area (Å²) < 4.78 is 22.1. The van der Waals surface area contributed by atoms with Gasteiger partial charge in [0.1, 0.15) is 77.6 Å². The topological polar surface area (TPSA) is 260 Å². The maximum Gasteiger partial charge on any atom is 0.197 e. The van der Waals surface area contributed by atoms with Crippen LogP contribution in [0.1, 0.15) is 23.3 Å². The number of hydrogen-bond donors (Lipinski definition) is 10. The molecular weight excluding hydrogens is 564 g/mol. The summed E-state index contributed by atoms with van der Waals surface area (Å²) in [4.78, 5) is 13.5. The Morgan fingerprint density at radius 3 is 2.21 bits per heavy atom. The monoisotopic (exact) mass is 594 g/mol. The van der Waals surface area contributed by atoms with Crippen LogP contribution >= 0.6 is 0 Å². The molecule has 0 aliphatic carbocycles. The van der Waals surface area contributed by atoms with Crippen LogP contribution in [-0.2, 0) is 9.47 Å². The number of benzene rings is 2. The van der Waals surface area contributed by atoms with Gasteiger partial charge in [0.15, 0.2) is 22.5 Å². The molecule has 228 valence electrons. The van der Waals surface area contributed by atoms with Crippen LogP contribution in [0.25, 0.3) is 22.3 Å². The van der Waals surface area contributed by atoms with E-state index in [9.17, 15) is 55.9 Å². The van der Waals surface area contributed by atoms with Gasteiger partial charge in [0.25, 0.3) is 0 Å². The molecule has 15 heteroatoms. The molecule has 42 heavy (non-hydrogen) atoms.